The van der Waals surface area contributed by atoms with Gasteiger partial charge in [0.1, 0.15) is 0 Å². The average Bonchev–Trinajstić information content (AvgIpc) is 3.03. The van der Waals surface area contributed by atoms with Crippen LogP contribution in [0.1, 0.15) is 34.0 Å². The van der Waals surface area contributed by atoms with Crippen LogP contribution in [0.4, 0.5) is 0 Å². The zero-order valence-corrected chi connectivity index (χ0v) is 14.2. The molecule has 1 N–H and O–H groups in total. The number of H-pyrrole nitrogens is 1. The van der Waals surface area contributed by atoms with Crippen LogP contribution in [0.25, 0.3) is 11.0 Å². The Labute approximate surface area is 144 Å². The van der Waals surface area contributed by atoms with Crippen molar-refractivity contribution in [2.45, 2.75) is 23.7 Å². The number of ether oxygens (including phenoxy) is 1. The van der Waals surface area contributed by atoms with Crippen LogP contribution in [-0.2, 0) is 11.2 Å². The van der Waals surface area contributed by atoms with Crippen molar-refractivity contribution in [1.82, 2.24) is 9.97 Å². The minimum atomic E-state index is -0.338. The Bertz CT molecular complexity index is 903. The first-order valence-corrected chi connectivity index (χ1v) is 9.01. The number of thioether (sulfide) groups is 1. The molecule has 0 saturated carbocycles. The number of aromatic nitrogens is 2. The molecule has 0 aliphatic carbocycles. The summed E-state index contributed by atoms with van der Waals surface area (Å²) in [5.74, 6) is 1.31. The van der Waals surface area contributed by atoms with Crippen molar-refractivity contribution in [2.75, 3.05) is 12.9 Å². The number of fused-ring (bicyclic) bond motifs is 2. The van der Waals surface area contributed by atoms with E-state index in [9.17, 15) is 4.79 Å². The summed E-state index contributed by atoms with van der Waals surface area (Å²) < 4.78 is 4.86. The lowest BCUT2D eigenvalue weighted by Crippen LogP contribution is -2.10. The monoisotopic (exact) mass is 338 g/mol. The lowest BCUT2D eigenvalue weighted by Gasteiger charge is -2.24. The summed E-state index contributed by atoms with van der Waals surface area (Å²) in [6, 6.07) is 12.4. The highest BCUT2D eigenvalue weighted by atomic mass is 32.2. The van der Waals surface area contributed by atoms with E-state index < -0.39 is 0 Å². The summed E-state index contributed by atoms with van der Waals surface area (Å²) in [6.07, 6.45) is 3.74. The fraction of sp³-hybridized carbons (Fsp3) is 0.263. The number of benzene rings is 1. The Kier molecular flexibility index (Phi) is 4.02. The molecule has 0 fully saturated rings. The Balaban J connectivity index is 1.68. The quantitative estimate of drug-likeness (QED) is 0.728. The van der Waals surface area contributed by atoms with Crippen molar-refractivity contribution in [3.05, 3.63) is 59.4 Å². The molecule has 122 valence electrons. The Morgan fingerprint density at radius 1 is 1.38 bits per heavy atom. The topological polar surface area (TPSA) is 55.0 Å². The Morgan fingerprint density at radius 3 is 3.12 bits per heavy atom. The molecule has 0 radical (unpaired) electrons. The molecular weight excluding hydrogens is 320 g/mol. The number of nitrogens with one attached hydrogen (secondary N) is 1. The van der Waals surface area contributed by atoms with Gasteiger partial charge < -0.3 is 9.72 Å². The van der Waals surface area contributed by atoms with Gasteiger partial charge in [-0.05, 0) is 48.3 Å². The molecule has 2 aromatic heterocycles. The second-order valence-corrected chi connectivity index (χ2v) is 7.12. The molecule has 3 heterocycles. The van der Waals surface area contributed by atoms with Crippen LogP contribution in [0.5, 0.6) is 0 Å². The highest BCUT2D eigenvalue weighted by Gasteiger charge is 2.22. The smallest absolute Gasteiger partial charge is 0.340 e. The van der Waals surface area contributed by atoms with Gasteiger partial charge in [-0.25, -0.2) is 4.79 Å². The first-order valence-electron chi connectivity index (χ1n) is 8.03. The molecule has 1 aliphatic rings. The zero-order valence-electron chi connectivity index (χ0n) is 13.4. The number of hydrogen-bond acceptors (Lipinski definition) is 4. The van der Waals surface area contributed by atoms with Crippen molar-refractivity contribution in [1.29, 1.82) is 0 Å². The fourth-order valence-corrected chi connectivity index (χ4v) is 4.56. The molecule has 0 saturated heterocycles. The van der Waals surface area contributed by atoms with Gasteiger partial charge >= 0.3 is 5.97 Å². The molecule has 24 heavy (non-hydrogen) atoms. The van der Waals surface area contributed by atoms with Crippen LogP contribution in [0, 0.1) is 0 Å². The Morgan fingerprint density at radius 2 is 2.25 bits per heavy atom. The van der Waals surface area contributed by atoms with Gasteiger partial charge in [-0.15, -0.1) is 11.8 Å². The third-order valence-corrected chi connectivity index (χ3v) is 5.65. The van der Waals surface area contributed by atoms with Crippen molar-refractivity contribution in [3.63, 3.8) is 0 Å². The largest absolute Gasteiger partial charge is 0.465 e. The van der Waals surface area contributed by atoms with Crippen molar-refractivity contribution < 1.29 is 9.53 Å². The van der Waals surface area contributed by atoms with E-state index >= 15 is 0 Å². The minimum Gasteiger partial charge on any atom is -0.465 e. The predicted molar refractivity (Wildman–Crippen MR) is 95.7 cm³/mol. The average molecular weight is 338 g/mol. The predicted octanol–water partition coefficient (Wildman–Crippen LogP) is 4.17. The third-order valence-electron chi connectivity index (χ3n) is 4.53. The second-order valence-electron chi connectivity index (χ2n) is 5.98. The Hall–Kier alpha value is -2.27. The molecule has 1 atom stereocenters. The SMILES string of the molecule is COC(=O)c1ccnc2cc(CC3CCSc4ccccc43)[nH]c12. The van der Waals surface area contributed by atoms with Crippen LogP contribution < -0.4 is 0 Å². The van der Waals surface area contributed by atoms with Crippen LogP contribution in [0.3, 0.4) is 0 Å². The molecule has 1 unspecified atom stereocenters. The van der Waals surface area contributed by atoms with Crippen LogP contribution in [-0.4, -0.2) is 28.8 Å². The maximum absolute atomic E-state index is 11.9. The molecule has 0 bridgehead atoms. The van der Waals surface area contributed by atoms with Crippen molar-refractivity contribution >= 4 is 28.8 Å². The summed E-state index contributed by atoms with van der Waals surface area (Å²) in [6.45, 7) is 0. The molecular formula is C19H18N2O2S. The number of carbonyl (C=O) groups excluding carboxylic acids is 1. The number of pyridine rings is 1. The van der Waals surface area contributed by atoms with Gasteiger partial charge in [0.15, 0.2) is 0 Å². The van der Waals surface area contributed by atoms with Crippen molar-refractivity contribution in [3.8, 4) is 0 Å². The number of methoxy groups -OCH3 is 1. The standard InChI is InChI=1S/C19H18N2O2S/c1-23-19(22)15-6-8-20-16-11-13(21-18(15)16)10-12-7-9-24-17-5-3-2-4-14(12)17/h2-6,8,11-12,21H,7,9-10H2,1H3. The molecule has 4 nitrogen and oxygen atoms in total. The molecule has 4 rings (SSSR count). The normalized spacial score (nSPS) is 16.8. The van der Waals surface area contributed by atoms with Crippen LogP contribution in [0.15, 0.2) is 47.5 Å². The van der Waals surface area contributed by atoms with Crippen molar-refractivity contribution in [2.24, 2.45) is 0 Å². The number of nitrogens with zero attached hydrogens (tertiary/aromatic N) is 1. The summed E-state index contributed by atoms with van der Waals surface area (Å²) in [7, 11) is 1.40. The molecule has 1 aromatic carbocycles. The summed E-state index contributed by atoms with van der Waals surface area (Å²) in [5.41, 5.74) is 4.65. The van der Waals surface area contributed by atoms with E-state index in [0.29, 0.717) is 11.5 Å². The maximum Gasteiger partial charge on any atom is 0.340 e. The van der Waals surface area contributed by atoms with Gasteiger partial charge in [0.05, 0.1) is 23.7 Å². The number of carbonyl (C=O) groups is 1. The molecule has 0 amide bonds. The first kappa shape index (κ1) is 15.3. The van der Waals surface area contributed by atoms with Gasteiger partial charge in [0.25, 0.3) is 0 Å². The first-order chi connectivity index (χ1) is 11.8. The highest BCUT2D eigenvalue weighted by molar-refractivity contribution is 7.99. The third kappa shape index (κ3) is 2.69. The van der Waals surface area contributed by atoms with E-state index in [0.717, 1.165) is 35.3 Å². The van der Waals surface area contributed by atoms with E-state index in [1.807, 2.05) is 17.8 Å². The fourth-order valence-electron chi connectivity index (χ4n) is 3.36. The lowest BCUT2D eigenvalue weighted by molar-refractivity contribution is 0.0602. The van der Waals surface area contributed by atoms with E-state index in [1.54, 1.807) is 12.3 Å². The van der Waals surface area contributed by atoms with E-state index in [1.165, 1.54) is 17.6 Å². The minimum absolute atomic E-state index is 0.338. The number of esters is 1. The molecule has 1 aliphatic heterocycles. The van der Waals surface area contributed by atoms with Gasteiger partial charge in [-0.1, -0.05) is 18.2 Å². The number of hydrogen-bond donors (Lipinski definition) is 1. The van der Waals surface area contributed by atoms with Crippen LogP contribution >= 0.6 is 11.8 Å². The van der Waals surface area contributed by atoms with E-state index in [2.05, 4.69) is 34.2 Å². The van der Waals surface area contributed by atoms with E-state index in [4.69, 9.17) is 4.74 Å². The molecule has 3 aromatic rings. The van der Waals surface area contributed by atoms with Gasteiger partial charge in [-0.2, -0.15) is 0 Å². The van der Waals surface area contributed by atoms with E-state index in [-0.39, 0.29) is 5.97 Å². The molecule has 0 spiro atoms. The zero-order chi connectivity index (χ0) is 16.5. The number of rotatable bonds is 3. The summed E-state index contributed by atoms with van der Waals surface area (Å²) in [5, 5.41) is 0. The highest BCUT2D eigenvalue weighted by Crippen LogP contribution is 2.39. The number of aromatic amines is 1. The summed E-state index contributed by atoms with van der Waals surface area (Å²) in [4.78, 5) is 21.1. The van der Waals surface area contributed by atoms with Gasteiger partial charge in [0, 0.05) is 16.8 Å². The summed E-state index contributed by atoms with van der Waals surface area (Å²) >= 11 is 1.93. The maximum atomic E-state index is 11.9. The van der Waals surface area contributed by atoms with Gasteiger partial charge in [0.2, 0.25) is 0 Å². The lowest BCUT2D eigenvalue weighted by atomic mass is 9.91. The second kappa shape index (κ2) is 6.32. The van der Waals surface area contributed by atoms with Gasteiger partial charge in [-0.3, -0.25) is 4.98 Å². The van der Waals surface area contributed by atoms with Crippen LogP contribution in [0.2, 0.25) is 0 Å². The molecule has 5 heteroatoms.